The second kappa shape index (κ2) is 5.52. The molecule has 4 heteroatoms. The fraction of sp³-hybridized carbons (Fsp3) is 0.500. The van der Waals surface area contributed by atoms with Crippen LogP contribution in [0.5, 0.6) is 0 Å². The van der Waals surface area contributed by atoms with E-state index in [1.807, 2.05) is 23.9 Å². The van der Waals surface area contributed by atoms with Crippen molar-refractivity contribution in [2.45, 2.75) is 19.5 Å². The first-order chi connectivity index (χ1) is 7.66. The first-order valence-corrected chi connectivity index (χ1v) is 7.37. The summed E-state index contributed by atoms with van der Waals surface area (Å²) < 4.78 is 13.6. The van der Waals surface area contributed by atoms with Crippen molar-refractivity contribution >= 4 is 27.7 Å². The maximum Gasteiger partial charge on any atom is 0.137 e. The van der Waals surface area contributed by atoms with Gasteiger partial charge in [-0.05, 0) is 40.5 Å². The Labute approximate surface area is 109 Å². The van der Waals surface area contributed by atoms with Gasteiger partial charge in [-0.2, -0.15) is 11.8 Å². The van der Waals surface area contributed by atoms with Gasteiger partial charge in [-0.3, -0.25) is 4.90 Å². The largest absolute Gasteiger partial charge is 0.295 e. The van der Waals surface area contributed by atoms with E-state index in [0.717, 1.165) is 13.1 Å². The minimum Gasteiger partial charge on any atom is -0.295 e. The molecule has 0 aliphatic carbocycles. The second-order valence-corrected chi connectivity index (χ2v) is 6.15. The third-order valence-electron chi connectivity index (χ3n) is 2.87. The number of benzene rings is 1. The number of halogens is 2. The van der Waals surface area contributed by atoms with Crippen molar-refractivity contribution in [2.75, 3.05) is 18.1 Å². The van der Waals surface area contributed by atoms with E-state index in [9.17, 15) is 4.39 Å². The van der Waals surface area contributed by atoms with Crippen LogP contribution in [-0.4, -0.2) is 29.0 Å². The fourth-order valence-electron chi connectivity index (χ4n) is 1.87. The summed E-state index contributed by atoms with van der Waals surface area (Å²) in [4.78, 5) is 2.45. The van der Waals surface area contributed by atoms with Crippen molar-refractivity contribution in [3.63, 3.8) is 0 Å². The highest BCUT2D eigenvalue weighted by atomic mass is 79.9. The lowest BCUT2D eigenvalue weighted by Crippen LogP contribution is -2.39. The summed E-state index contributed by atoms with van der Waals surface area (Å²) in [6, 6.07) is 5.89. The minimum atomic E-state index is -0.189. The molecule has 16 heavy (non-hydrogen) atoms. The zero-order valence-electron chi connectivity index (χ0n) is 9.25. The Morgan fingerprint density at radius 2 is 2.38 bits per heavy atom. The van der Waals surface area contributed by atoms with Gasteiger partial charge in [0, 0.05) is 30.6 Å². The van der Waals surface area contributed by atoms with E-state index in [4.69, 9.17) is 0 Å². The molecule has 0 radical (unpaired) electrons. The lowest BCUT2D eigenvalue weighted by atomic mass is 10.2. The summed E-state index contributed by atoms with van der Waals surface area (Å²) in [5.74, 6) is 2.21. The molecule has 1 aliphatic rings. The van der Waals surface area contributed by atoms with Crippen LogP contribution in [0.15, 0.2) is 22.7 Å². The Balaban J connectivity index is 2.05. The van der Waals surface area contributed by atoms with Crippen LogP contribution in [-0.2, 0) is 6.54 Å². The molecule has 88 valence electrons. The Morgan fingerprint density at radius 3 is 3.06 bits per heavy atom. The molecular weight excluding hydrogens is 289 g/mol. The molecule has 0 aromatic heterocycles. The molecule has 0 bridgehead atoms. The van der Waals surface area contributed by atoms with Gasteiger partial charge in [-0.15, -0.1) is 0 Å². The van der Waals surface area contributed by atoms with Crippen LogP contribution in [0.2, 0.25) is 0 Å². The summed E-state index contributed by atoms with van der Waals surface area (Å²) in [6.45, 7) is 4.30. The lowest BCUT2D eigenvalue weighted by Gasteiger charge is -2.33. The summed E-state index contributed by atoms with van der Waals surface area (Å²) >= 11 is 5.24. The predicted octanol–water partition coefficient (Wildman–Crippen LogP) is 3.53. The van der Waals surface area contributed by atoms with E-state index < -0.39 is 0 Å². The minimum absolute atomic E-state index is 0.189. The average Bonchev–Trinajstić information content (AvgIpc) is 2.27. The van der Waals surface area contributed by atoms with Gasteiger partial charge in [0.15, 0.2) is 0 Å². The van der Waals surface area contributed by atoms with Crippen LogP contribution < -0.4 is 0 Å². The first kappa shape index (κ1) is 12.4. The van der Waals surface area contributed by atoms with Crippen LogP contribution >= 0.6 is 27.7 Å². The van der Waals surface area contributed by atoms with Crippen molar-refractivity contribution < 1.29 is 4.39 Å². The van der Waals surface area contributed by atoms with Crippen molar-refractivity contribution in [3.05, 3.63) is 34.1 Å². The van der Waals surface area contributed by atoms with Gasteiger partial charge in [0.25, 0.3) is 0 Å². The van der Waals surface area contributed by atoms with Gasteiger partial charge in [-0.25, -0.2) is 4.39 Å². The molecule has 0 saturated carbocycles. The summed E-state index contributed by atoms with van der Waals surface area (Å²) in [6.07, 6.45) is 0. The van der Waals surface area contributed by atoms with Gasteiger partial charge in [-0.1, -0.05) is 6.07 Å². The van der Waals surface area contributed by atoms with E-state index >= 15 is 0 Å². The molecule has 0 amide bonds. The van der Waals surface area contributed by atoms with Crippen molar-refractivity contribution in [2.24, 2.45) is 0 Å². The maximum atomic E-state index is 13.1. The van der Waals surface area contributed by atoms with Crippen LogP contribution in [0.25, 0.3) is 0 Å². The molecule has 1 fully saturated rings. The molecule has 1 nitrogen and oxygen atoms in total. The van der Waals surface area contributed by atoms with Gasteiger partial charge >= 0.3 is 0 Å². The van der Waals surface area contributed by atoms with Crippen LogP contribution in [0.3, 0.4) is 0 Å². The van der Waals surface area contributed by atoms with E-state index in [0.29, 0.717) is 10.5 Å². The Morgan fingerprint density at radius 1 is 1.56 bits per heavy atom. The van der Waals surface area contributed by atoms with Gasteiger partial charge in [0.1, 0.15) is 5.82 Å². The highest BCUT2D eigenvalue weighted by Crippen LogP contribution is 2.21. The predicted molar refractivity (Wildman–Crippen MR) is 71.3 cm³/mol. The van der Waals surface area contributed by atoms with Gasteiger partial charge in [0.2, 0.25) is 0 Å². The number of rotatable bonds is 2. The van der Waals surface area contributed by atoms with E-state index in [2.05, 4.69) is 27.8 Å². The molecule has 1 saturated heterocycles. The third kappa shape index (κ3) is 2.99. The normalized spacial score (nSPS) is 22.3. The molecule has 0 spiro atoms. The molecule has 1 aliphatic heterocycles. The number of hydrogen-bond donors (Lipinski definition) is 0. The SMILES string of the molecule is CC1CSCCN1Cc1ccc(F)c(Br)c1. The third-order valence-corrected chi connectivity index (χ3v) is 4.67. The Kier molecular flexibility index (Phi) is 4.27. The summed E-state index contributed by atoms with van der Waals surface area (Å²) in [5, 5.41) is 0. The number of nitrogens with zero attached hydrogens (tertiary/aromatic N) is 1. The van der Waals surface area contributed by atoms with Crippen molar-refractivity contribution in [1.29, 1.82) is 0 Å². The smallest absolute Gasteiger partial charge is 0.137 e. The van der Waals surface area contributed by atoms with Crippen molar-refractivity contribution in [1.82, 2.24) is 4.90 Å². The number of hydrogen-bond acceptors (Lipinski definition) is 2. The van der Waals surface area contributed by atoms with E-state index in [-0.39, 0.29) is 5.82 Å². The Hall–Kier alpha value is -0.0600. The van der Waals surface area contributed by atoms with Crippen LogP contribution in [0, 0.1) is 5.82 Å². The zero-order chi connectivity index (χ0) is 11.5. The molecule has 1 atom stereocenters. The molecular formula is C12H15BrFNS. The molecule has 1 aromatic rings. The van der Waals surface area contributed by atoms with E-state index in [1.165, 1.54) is 23.1 Å². The highest BCUT2D eigenvalue weighted by molar-refractivity contribution is 9.10. The first-order valence-electron chi connectivity index (χ1n) is 5.42. The molecule has 1 heterocycles. The zero-order valence-corrected chi connectivity index (χ0v) is 11.7. The van der Waals surface area contributed by atoms with E-state index in [1.54, 1.807) is 0 Å². The van der Waals surface area contributed by atoms with Crippen LogP contribution in [0.1, 0.15) is 12.5 Å². The van der Waals surface area contributed by atoms with Gasteiger partial charge in [0.05, 0.1) is 4.47 Å². The number of thioether (sulfide) groups is 1. The quantitative estimate of drug-likeness (QED) is 0.822. The standard InChI is InChI=1S/C12H15BrFNS/c1-9-8-16-5-4-15(9)7-10-2-3-12(14)11(13)6-10/h2-3,6,9H,4-5,7-8H2,1H3. The molecule has 1 unspecified atom stereocenters. The second-order valence-electron chi connectivity index (χ2n) is 4.14. The van der Waals surface area contributed by atoms with Crippen LogP contribution in [0.4, 0.5) is 4.39 Å². The average molecular weight is 304 g/mol. The fourth-order valence-corrected chi connectivity index (χ4v) is 3.38. The summed E-state index contributed by atoms with van der Waals surface area (Å²) in [7, 11) is 0. The van der Waals surface area contributed by atoms with Gasteiger partial charge < -0.3 is 0 Å². The monoisotopic (exact) mass is 303 g/mol. The highest BCUT2D eigenvalue weighted by Gasteiger charge is 2.18. The van der Waals surface area contributed by atoms with Crippen molar-refractivity contribution in [3.8, 4) is 0 Å². The maximum absolute atomic E-state index is 13.1. The topological polar surface area (TPSA) is 3.24 Å². The lowest BCUT2D eigenvalue weighted by molar-refractivity contribution is 0.224. The molecule has 1 aromatic carbocycles. The Bertz CT molecular complexity index is 372. The molecule has 0 N–H and O–H groups in total. The molecule has 2 rings (SSSR count). The summed E-state index contributed by atoms with van der Waals surface area (Å²) in [5.41, 5.74) is 1.17.